The predicted octanol–water partition coefficient (Wildman–Crippen LogP) is 1.95. The van der Waals surface area contributed by atoms with Gasteiger partial charge in [-0.3, -0.25) is 4.79 Å². The molecule has 0 heterocycles. The van der Waals surface area contributed by atoms with Gasteiger partial charge in [0.15, 0.2) is 0 Å². The SMILES string of the molecule is CC(C)CCC(=O)NCCC(O)C(C)C. The third kappa shape index (κ3) is 8.43. The van der Waals surface area contributed by atoms with Crippen LogP contribution in [0, 0.1) is 11.8 Å². The molecule has 1 amide bonds. The second-order valence-electron chi connectivity index (χ2n) is 4.88. The summed E-state index contributed by atoms with van der Waals surface area (Å²) in [6.07, 6.45) is 1.86. The molecule has 0 bridgehead atoms. The fourth-order valence-corrected chi connectivity index (χ4v) is 1.20. The topological polar surface area (TPSA) is 49.3 Å². The maximum atomic E-state index is 11.3. The lowest BCUT2D eigenvalue weighted by Gasteiger charge is -2.14. The van der Waals surface area contributed by atoms with Gasteiger partial charge in [-0.1, -0.05) is 27.7 Å². The summed E-state index contributed by atoms with van der Waals surface area (Å²) in [6, 6.07) is 0. The first kappa shape index (κ1) is 14.4. The van der Waals surface area contributed by atoms with Crippen molar-refractivity contribution in [2.24, 2.45) is 11.8 Å². The van der Waals surface area contributed by atoms with E-state index in [9.17, 15) is 9.90 Å². The lowest BCUT2D eigenvalue weighted by Crippen LogP contribution is -2.28. The van der Waals surface area contributed by atoms with Crippen LogP contribution in [0.1, 0.15) is 47.0 Å². The van der Waals surface area contributed by atoms with E-state index in [1.165, 1.54) is 0 Å². The highest BCUT2D eigenvalue weighted by atomic mass is 16.3. The van der Waals surface area contributed by atoms with Crippen LogP contribution in [0.3, 0.4) is 0 Å². The van der Waals surface area contributed by atoms with Gasteiger partial charge in [-0.25, -0.2) is 0 Å². The molecule has 3 nitrogen and oxygen atoms in total. The van der Waals surface area contributed by atoms with Gasteiger partial charge < -0.3 is 10.4 Å². The maximum absolute atomic E-state index is 11.3. The second kappa shape index (κ2) is 7.69. The molecule has 0 aromatic heterocycles. The van der Waals surface area contributed by atoms with Gasteiger partial charge in [0.1, 0.15) is 0 Å². The van der Waals surface area contributed by atoms with Crippen molar-refractivity contribution in [3.63, 3.8) is 0 Å². The summed E-state index contributed by atoms with van der Waals surface area (Å²) < 4.78 is 0. The van der Waals surface area contributed by atoms with Crippen molar-refractivity contribution in [2.45, 2.75) is 53.1 Å². The normalized spacial score (nSPS) is 13.3. The number of aliphatic hydroxyl groups is 1. The average molecular weight is 215 g/mol. The van der Waals surface area contributed by atoms with Crippen molar-refractivity contribution in [3.8, 4) is 0 Å². The van der Waals surface area contributed by atoms with Crippen LogP contribution in [0.2, 0.25) is 0 Å². The zero-order chi connectivity index (χ0) is 11.8. The highest BCUT2D eigenvalue weighted by Crippen LogP contribution is 2.05. The zero-order valence-corrected chi connectivity index (χ0v) is 10.4. The lowest BCUT2D eigenvalue weighted by atomic mass is 10.0. The molecule has 0 aromatic carbocycles. The summed E-state index contributed by atoms with van der Waals surface area (Å²) in [4.78, 5) is 11.3. The van der Waals surface area contributed by atoms with Crippen LogP contribution in [0.5, 0.6) is 0 Å². The molecule has 0 aliphatic heterocycles. The number of aliphatic hydroxyl groups excluding tert-OH is 1. The van der Waals surface area contributed by atoms with Crippen molar-refractivity contribution >= 4 is 5.91 Å². The van der Waals surface area contributed by atoms with E-state index in [-0.39, 0.29) is 17.9 Å². The zero-order valence-electron chi connectivity index (χ0n) is 10.4. The average Bonchev–Trinajstić information content (AvgIpc) is 2.14. The highest BCUT2D eigenvalue weighted by Gasteiger charge is 2.09. The number of carbonyl (C=O) groups excluding carboxylic acids is 1. The van der Waals surface area contributed by atoms with Gasteiger partial charge >= 0.3 is 0 Å². The molecule has 0 aliphatic rings. The van der Waals surface area contributed by atoms with E-state index in [1.807, 2.05) is 13.8 Å². The summed E-state index contributed by atoms with van der Waals surface area (Å²) in [7, 11) is 0. The number of nitrogens with one attached hydrogen (secondary N) is 1. The molecule has 0 saturated heterocycles. The quantitative estimate of drug-likeness (QED) is 0.682. The van der Waals surface area contributed by atoms with Crippen LogP contribution < -0.4 is 5.32 Å². The summed E-state index contributed by atoms with van der Waals surface area (Å²) in [5, 5.41) is 12.3. The van der Waals surface area contributed by atoms with Gasteiger partial charge in [0.25, 0.3) is 0 Å². The van der Waals surface area contributed by atoms with Crippen molar-refractivity contribution in [1.29, 1.82) is 0 Å². The van der Waals surface area contributed by atoms with E-state index < -0.39 is 0 Å². The third-order valence-corrected chi connectivity index (χ3v) is 2.48. The van der Waals surface area contributed by atoms with Gasteiger partial charge in [-0.2, -0.15) is 0 Å². The fraction of sp³-hybridized carbons (Fsp3) is 0.917. The van der Waals surface area contributed by atoms with Gasteiger partial charge in [0.05, 0.1) is 6.10 Å². The minimum absolute atomic E-state index is 0.0969. The molecule has 1 unspecified atom stereocenters. The number of amides is 1. The third-order valence-electron chi connectivity index (χ3n) is 2.48. The minimum Gasteiger partial charge on any atom is -0.393 e. The minimum atomic E-state index is -0.310. The van der Waals surface area contributed by atoms with E-state index in [2.05, 4.69) is 19.2 Å². The van der Waals surface area contributed by atoms with Gasteiger partial charge in [0.2, 0.25) is 5.91 Å². The van der Waals surface area contributed by atoms with Crippen molar-refractivity contribution < 1.29 is 9.90 Å². The first-order chi connectivity index (χ1) is 6.93. The van der Waals surface area contributed by atoms with Crippen molar-refractivity contribution in [2.75, 3.05) is 6.54 Å². The molecule has 90 valence electrons. The first-order valence-corrected chi connectivity index (χ1v) is 5.88. The van der Waals surface area contributed by atoms with Gasteiger partial charge in [0, 0.05) is 13.0 Å². The predicted molar refractivity (Wildman–Crippen MR) is 62.5 cm³/mol. The Morgan fingerprint density at radius 3 is 2.27 bits per heavy atom. The molecule has 15 heavy (non-hydrogen) atoms. The molecular formula is C12H25NO2. The molecule has 0 rings (SSSR count). The second-order valence-corrected chi connectivity index (χ2v) is 4.88. The molecular weight excluding hydrogens is 190 g/mol. The lowest BCUT2D eigenvalue weighted by molar-refractivity contribution is -0.121. The van der Waals surface area contributed by atoms with Crippen LogP contribution in [-0.2, 0) is 4.79 Å². The summed E-state index contributed by atoms with van der Waals surface area (Å²) in [6.45, 7) is 8.75. The molecule has 0 aliphatic carbocycles. The van der Waals surface area contributed by atoms with Gasteiger partial charge in [-0.15, -0.1) is 0 Å². The van der Waals surface area contributed by atoms with Crippen LogP contribution in [0.15, 0.2) is 0 Å². The molecule has 0 fully saturated rings. The largest absolute Gasteiger partial charge is 0.393 e. The summed E-state index contributed by atoms with van der Waals surface area (Å²) in [5.74, 6) is 0.925. The number of hydrogen-bond acceptors (Lipinski definition) is 2. The van der Waals surface area contributed by atoms with Crippen molar-refractivity contribution in [3.05, 3.63) is 0 Å². The van der Waals surface area contributed by atoms with E-state index in [4.69, 9.17) is 0 Å². The number of rotatable bonds is 7. The molecule has 0 saturated carbocycles. The Kier molecular flexibility index (Phi) is 7.39. The monoisotopic (exact) mass is 215 g/mol. The molecule has 0 spiro atoms. The molecule has 0 radical (unpaired) electrons. The van der Waals surface area contributed by atoms with Crippen LogP contribution in [0.25, 0.3) is 0 Å². The standard InChI is InChI=1S/C12H25NO2/c1-9(2)5-6-12(15)13-8-7-11(14)10(3)4/h9-11,14H,5-8H2,1-4H3,(H,13,15). The van der Waals surface area contributed by atoms with Crippen LogP contribution in [0.4, 0.5) is 0 Å². The Hall–Kier alpha value is -0.570. The maximum Gasteiger partial charge on any atom is 0.220 e. The Morgan fingerprint density at radius 2 is 1.80 bits per heavy atom. The molecule has 3 heteroatoms. The Bertz CT molecular complexity index is 178. The summed E-state index contributed by atoms with van der Waals surface area (Å²) in [5.41, 5.74) is 0. The Labute approximate surface area is 93.3 Å². The Balaban J connectivity index is 3.47. The van der Waals surface area contributed by atoms with Crippen molar-refractivity contribution in [1.82, 2.24) is 5.32 Å². The van der Waals surface area contributed by atoms with Crippen LogP contribution in [-0.4, -0.2) is 23.7 Å². The van der Waals surface area contributed by atoms with E-state index in [1.54, 1.807) is 0 Å². The molecule has 0 aromatic rings. The summed E-state index contributed by atoms with van der Waals surface area (Å²) >= 11 is 0. The fourth-order valence-electron chi connectivity index (χ4n) is 1.20. The smallest absolute Gasteiger partial charge is 0.220 e. The van der Waals surface area contributed by atoms with E-state index in [0.717, 1.165) is 6.42 Å². The van der Waals surface area contributed by atoms with E-state index >= 15 is 0 Å². The number of carbonyl (C=O) groups is 1. The van der Waals surface area contributed by atoms with E-state index in [0.29, 0.717) is 25.3 Å². The number of hydrogen-bond donors (Lipinski definition) is 2. The van der Waals surface area contributed by atoms with Crippen LogP contribution >= 0.6 is 0 Å². The van der Waals surface area contributed by atoms with Gasteiger partial charge in [-0.05, 0) is 24.7 Å². The highest BCUT2D eigenvalue weighted by molar-refractivity contribution is 5.75. The molecule has 1 atom stereocenters. The first-order valence-electron chi connectivity index (χ1n) is 5.88. The molecule has 2 N–H and O–H groups in total. The Morgan fingerprint density at radius 1 is 1.20 bits per heavy atom.